The second kappa shape index (κ2) is 6.87. The molecule has 2 fully saturated rings. The zero-order valence-electron chi connectivity index (χ0n) is 12.9. The summed E-state index contributed by atoms with van der Waals surface area (Å²) in [6.07, 6.45) is 5.99. The van der Waals surface area contributed by atoms with E-state index < -0.39 is 5.54 Å². The standard InChI is InChI=1S/C15H29N3O2/c1-15(16,14(19)20-2)7-11-17-10-6-13(12-17)18-8-4-3-5-9-18/h13H,3-12,16H2,1-2H3. The van der Waals surface area contributed by atoms with E-state index in [2.05, 4.69) is 9.80 Å². The average Bonchev–Trinajstić information content (AvgIpc) is 2.94. The van der Waals surface area contributed by atoms with E-state index in [0.717, 1.165) is 19.6 Å². The van der Waals surface area contributed by atoms with Gasteiger partial charge in [0.1, 0.15) is 5.54 Å². The molecule has 0 aliphatic carbocycles. The first-order chi connectivity index (χ1) is 9.53. The molecule has 0 aromatic heterocycles. The van der Waals surface area contributed by atoms with Crippen molar-refractivity contribution >= 4 is 5.97 Å². The van der Waals surface area contributed by atoms with Gasteiger partial charge in [-0.25, -0.2) is 0 Å². The third-order valence-corrected chi connectivity index (χ3v) is 4.75. The van der Waals surface area contributed by atoms with E-state index in [0.29, 0.717) is 12.5 Å². The summed E-state index contributed by atoms with van der Waals surface area (Å²) in [6, 6.07) is 0.706. The molecule has 0 spiro atoms. The second-order valence-electron chi connectivity index (χ2n) is 6.50. The Morgan fingerprint density at radius 3 is 2.65 bits per heavy atom. The third-order valence-electron chi connectivity index (χ3n) is 4.75. The molecule has 0 amide bonds. The quantitative estimate of drug-likeness (QED) is 0.757. The largest absolute Gasteiger partial charge is 0.468 e. The van der Waals surface area contributed by atoms with E-state index in [1.54, 1.807) is 6.92 Å². The zero-order chi connectivity index (χ0) is 14.6. The highest BCUT2D eigenvalue weighted by molar-refractivity contribution is 5.79. The number of nitrogens with zero attached hydrogens (tertiary/aromatic N) is 2. The lowest BCUT2D eigenvalue weighted by Crippen LogP contribution is -2.48. The van der Waals surface area contributed by atoms with Crippen molar-refractivity contribution in [1.29, 1.82) is 0 Å². The summed E-state index contributed by atoms with van der Waals surface area (Å²) in [6.45, 7) is 7.41. The van der Waals surface area contributed by atoms with Gasteiger partial charge >= 0.3 is 5.97 Å². The van der Waals surface area contributed by atoms with Crippen molar-refractivity contribution in [2.75, 3.05) is 39.8 Å². The first kappa shape index (κ1) is 15.7. The van der Waals surface area contributed by atoms with Crippen molar-refractivity contribution < 1.29 is 9.53 Å². The van der Waals surface area contributed by atoms with Gasteiger partial charge in [-0.05, 0) is 52.2 Å². The van der Waals surface area contributed by atoms with E-state index in [-0.39, 0.29) is 5.97 Å². The predicted octanol–water partition coefficient (Wildman–Crippen LogP) is 0.827. The Labute approximate surface area is 122 Å². The highest BCUT2D eigenvalue weighted by atomic mass is 16.5. The van der Waals surface area contributed by atoms with Crippen LogP contribution in [-0.2, 0) is 9.53 Å². The Morgan fingerprint density at radius 1 is 1.30 bits per heavy atom. The molecule has 2 unspecified atom stereocenters. The Hall–Kier alpha value is -0.650. The molecule has 2 aliphatic rings. The molecule has 2 atom stereocenters. The van der Waals surface area contributed by atoms with Gasteiger partial charge in [-0.3, -0.25) is 9.69 Å². The van der Waals surface area contributed by atoms with Crippen LogP contribution in [0.5, 0.6) is 0 Å². The smallest absolute Gasteiger partial charge is 0.325 e. The molecule has 0 bridgehead atoms. The van der Waals surface area contributed by atoms with Crippen LogP contribution >= 0.6 is 0 Å². The fourth-order valence-corrected chi connectivity index (χ4v) is 3.32. The van der Waals surface area contributed by atoms with Crippen LogP contribution in [0.1, 0.15) is 39.0 Å². The summed E-state index contributed by atoms with van der Waals surface area (Å²) >= 11 is 0. The predicted molar refractivity (Wildman–Crippen MR) is 79.5 cm³/mol. The van der Waals surface area contributed by atoms with E-state index in [1.807, 2.05) is 0 Å². The molecule has 2 rings (SSSR count). The number of esters is 1. The van der Waals surface area contributed by atoms with E-state index >= 15 is 0 Å². The van der Waals surface area contributed by atoms with Gasteiger partial charge in [0.2, 0.25) is 0 Å². The molecule has 5 heteroatoms. The Kier molecular flexibility index (Phi) is 5.41. The van der Waals surface area contributed by atoms with Crippen LogP contribution in [0, 0.1) is 0 Å². The number of likely N-dealkylation sites (tertiary alicyclic amines) is 2. The number of carbonyl (C=O) groups is 1. The highest BCUT2D eigenvalue weighted by Gasteiger charge is 2.32. The van der Waals surface area contributed by atoms with Crippen LogP contribution in [0.2, 0.25) is 0 Å². The number of carbonyl (C=O) groups excluding carboxylic acids is 1. The topological polar surface area (TPSA) is 58.8 Å². The van der Waals surface area contributed by atoms with Crippen molar-refractivity contribution in [3.8, 4) is 0 Å². The van der Waals surface area contributed by atoms with Gasteiger partial charge in [0.25, 0.3) is 0 Å². The molecule has 2 aliphatic heterocycles. The molecular weight excluding hydrogens is 254 g/mol. The van der Waals surface area contributed by atoms with Gasteiger partial charge in [0.05, 0.1) is 7.11 Å². The van der Waals surface area contributed by atoms with Gasteiger partial charge in [-0.15, -0.1) is 0 Å². The third kappa shape index (κ3) is 3.93. The minimum atomic E-state index is -0.863. The van der Waals surface area contributed by atoms with Crippen molar-refractivity contribution in [2.24, 2.45) is 5.73 Å². The monoisotopic (exact) mass is 283 g/mol. The average molecular weight is 283 g/mol. The number of rotatable bonds is 5. The zero-order valence-corrected chi connectivity index (χ0v) is 12.9. The maximum absolute atomic E-state index is 11.6. The lowest BCUT2D eigenvalue weighted by molar-refractivity contribution is -0.146. The van der Waals surface area contributed by atoms with Crippen LogP contribution in [0.15, 0.2) is 0 Å². The van der Waals surface area contributed by atoms with E-state index in [9.17, 15) is 4.79 Å². The van der Waals surface area contributed by atoms with Crippen molar-refractivity contribution in [3.05, 3.63) is 0 Å². The molecule has 0 radical (unpaired) electrons. The minimum Gasteiger partial charge on any atom is -0.468 e. The van der Waals surface area contributed by atoms with Crippen molar-refractivity contribution in [1.82, 2.24) is 9.80 Å². The maximum atomic E-state index is 11.6. The second-order valence-corrected chi connectivity index (χ2v) is 6.50. The van der Waals surface area contributed by atoms with E-state index in [4.69, 9.17) is 10.5 Å². The summed E-state index contributed by atoms with van der Waals surface area (Å²) < 4.78 is 4.76. The summed E-state index contributed by atoms with van der Waals surface area (Å²) in [5, 5.41) is 0. The lowest BCUT2D eigenvalue weighted by Gasteiger charge is -2.32. The molecule has 0 aromatic rings. The normalized spacial score (nSPS) is 28.2. The molecule has 2 N–H and O–H groups in total. The molecular formula is C15H29N3O2. The Balaban J connectivity index is 1.74. The molecule has 5 nitrogen and oxygen atoms in total. The Morgan fingerprint density at radius 2 is 2.00 bits per heavy atom. The summed E-state index contributed by atoms with van der Waals surface area (Å²) in [5.41, 5.74) is 5.15. The molecule has 0 aromatic carbocycles. The first-order valence-corrected chi connectivity index (χ1v) is 7.86. The van der Waals surface area contributed by atoms with Crippen LogP contribution in [0.3, 0.4) is 0 Å². The van der Waals surface area contributed by atoms with Gasteiger partial charge in [-0.2, -0.15) is 0 Å². The van der Waals surface area contributed by atoms with Crippen LogP contribution in [0.4, 0.5) is 0 Å². The number of ether oxygens (including phenoxy) is 1. The molecule has 2 heterocycles. The number of hydrogen-bond donors (Lipinski definition) is 1. The summed E-state index contributed by atoms with van der Waals surface area (Å²) in [5.74, 6) is -0.315. The SMILES string of the molecule is COC(=O)C(C)(N)CCN1CCC(N2CCCCC2)C1. The van der Waals surface area contributed by atoms with Crippen LogP contribution in [-0.4, -0.2) is 67.2 Å². The molecule has 0 saturated carbocycles. The maximum Gasteiger partial charge on any atom is 0.325 e. The number of hydrogen-bond acceptors (Lipinski definition) is 5. The van der Waals surface area contributed by atoms with Crippen LogP contribution in [0.25, 0.3) is 0 Å². The Bertz CT molecular complexity index is 327. The van der Waals surface area contributed by atoms with Gasteiger partial charge < -0.3 is 15.4 Å². The molecule has 20 heavy (non-hydrogen) atoms. The number of methoxy groups -OCH3 is 1. The fourth-order valence-electron chi connectivity index (χ4n) is 3.32. The highest BCUT2D eigenvalue weighted by Crippen LogP contribution is 2.21. The van der Waals surface area contributed by atoms with Gasteiger partial charge in [0, 0.05) is 19.1 Å². The van der Waals surface area contributed by atoms with Crippen molar-refractivity contribution in [2.45, 2.75) is 50.6 Å². The van der Waals surface area contributed by atoms with Gasteiger partial charge in [-0.1, -0.05) is 6.42 Å². The van der Waals surface area contributed by atoms with Crippen LogP contribution < -0.4 is 5.73 Å². The fraction of sp³-hybridized carbons (Fsp3) is 0.933. The first-order valence-electron chi connectivity index (χ1n) is 7.86. The van der Waals surface area contributed by atoms with E-state index in [1.165, 1.54) is 45.9 Å². The summed E-state index contributed by atoms with van der Waals surface area (Å²) in [7, 11) is 1.40. The lowest BCUT2D eigenvalue weighted by atomic mass is 9.99. The molecule has 116 valence electrons. The molecule has 2 saturated heterocycles. The number of piperidine rings is 1. The summed E-state index contributed by atoms with van der Waals surface area (Å²) in [4.78, 5) is 16.7. The van der Waals surface area contributed by atoms with Gasteiger partial charge in [0.15, 0.2) is 0 Å². The number of nitrogens with two attached hydrogens (primary N) is 1. The van der Waals surface area contributed by atoms with Crippen molar-refractivity contribution in [3.63, 3.8) is 0 Å². The minimum absolute atomic E-state index is 0.315.